The Morgan fingerprint density at radius 2 is 2.38 bits per heavy atom. The highest BCUT2D eigenvalue weighted by atomic mass is 19.1. The molecule has 0 spiro atoms. The molecule has 0 saturated heterocycles. The third-order valence-electron chi connectivity index (χ3n) is 2.20. The predicted octanol–water partition coefficient (Wildman–Crippen LogP) is 1.43. The summed E-state index contributed by atoms with van der Waals surface area (Å²) in [6.45, 7) is 2.41. The van der Waals surface area contributed by atoms with Crippen LogP contribution in [0.3, 0.4) is 0 Å². The number of rotatable bonds is 5. The van der Waals surface area contributed by atoms with E-state index in [9.17, 15) is 9.18 Å². The van der Waals surface area contributed by atoms with Gasteiger partial charge in [0, 0.05) is 12.6 Å². The first-order valence-corrected chi connectivity index (χ1v) is 5.05. The van der Waals surface area contributed by atoms with E-state index in [1.54, 1.807) is 6.07 Å². The summed E-state index contributed by atoms with van der Waals surface area (Å²) < 4.78 is 17.1. The van der Waals surface area contributed by atoms with E-state index in [1.807, 2.05) is 6.92 Å². The van der Waals surface area contributed by atoms with E-state index >= 15 is 0 Å². The van der Waals surface area contributed by atoms with Gasteiger partial charge < -0.3 is 10.1 Å². The summed E-state index contributed by atoms with van der Waals surface area (Å²) in [6, 6.07) is 2.96. The number of pyridine rings is 1. The summed E-state index contributed by atoms with van der Waals surface area (Å²) in [4.78, 5) is 14.8. The van der Waals surface area contributed by atoms with Gasteiger partial charge in [0.2, 0.25) is 0 Å². The van der Waals surface area contributed by atoms with E-state index in [1.165, 1.54) is 19.4 Å². The van der Waals surface area contributed by atoms with Crippen LogP contribution in [0.1, 0.15) is 25.1 Å². The summed E-state index contributed by atoms with van der Waals surface area (Å²) in [5.41, 5.74) is 0.742. The standard InChI is InChI=1S/C11H15FN2O2/c1-8(13-6-5-11(15)16-2)10-4-3-9(12)7-14-10/h3-4,7-8,13H,5-6H2,1-2H3. The van der Waals surface area contributed by atoms with E-state index in [0.717, 1.165) is 5.69 Å². The summed E-state index contributed by atoms with van der Waals surface area (Å²) in [6.07, 6.45) is 1.48. The molecule has 5 heteroatoms. The van der Waals surface area contributed by atoms with Crippen LogP contribution in [0.5, 0.6) is 0 Å². The van der Waals surface area contributed by atoms with E-state index in [0.29, 0.717) is 13.0 Å². The molecule has 4 nitrogen and oxygen atoms in total. The fourth-order valence-electron chi connectivity index (χ4n) is 1.24. The molecular formula is C11H15FN2O2. The zero-order valence-electron chi connectivity index (χ0n) is 9.37. The number of halogens is 1. The lowest BCUT2D eigenvalue weighted by molar-refractivity contribution is -0.140. The Hall–Kier alpha value is -1.49. The number of esters is 1. The van der Waals surface area contributed by atoms with Crippen LogP contribution in [-0.4, -0.2) is 24.6 Å². The SMILES string of the molecule is COC(=O)CCNC(C)c1ccc(F)cn1. The Morgan fingerprint density at radius 3 is 2.94 bits per heavy atom. The number of hydrogen-bond donors (Lipinski definition) is 1. The number of ether oxygens (including phenoxy) is 1. The molecule has 0 aliphatic rings. The molecule has 1 atom stereocenters. The van der Waals surface area contributed by atoms with E-state index < -0.39 is 0 Å². The van der Waals surface area contributed by atoms with E-state index in [2.05, 4.69) is 15.0 Å². The summed E-state index contributed by atoms with van der Waals surface area (Å²) in [5.74, 6) is -0.614. The molecule has 16 heavy (non-hydrogen) atoms. The fourth-order valence-corrected chi connectivity index (χ4v) is 1.24. The molecule has 1 N–H and O–H groups in total. The zero-order valence-corrected chi connectivity index (χ0v) is 9.37. The van der Waals surface area contributed by atoms with E-state index in [4.69, 9.17) is 0 Å². The largest absolute Gasteiger partial charge is 0.469 e. The molecule has 0 aliphatic carbocycles. The molecule has 0 bridgehead atoms. The number of carbonyl (C=O) groups is 1. The van der Waals surface area contributed by atoms with Crippen LogP contribution in [0.4, 0.5) is 4.39 Å². The smallest absolute Gasteiger partial charge is 0.306 e. The Bertz CT molecular complexity index is 340. The highest BCUT2D eigenvalue weighted by Gasteiger charge is 2.07. The van der Waals surface area contributed by atoms with Gasteiger partial charge in [-0.1, -0.05) is 0 Å². The summed E-state index contributed by atoms with van der Waals surface area (Å²) in [7, 11) is 1.35. The van der Waals surface area contributed by atoms with Gasteiger partial charge in [0.1, 0.15) is 5.82 Å². The summed E-state index contributed by atoms with van der Waals surface area (Å²) >= 11 is 0. The molecular weight excluding hydrogens is 211 g/mol. The third kappa shape index (κ3) is 3.94. The van der Waals surface area contributed by atoms with Gasteiger partial charge in [-0.15, -0.1) is 0 Å². The molecule has 0 saturated carbocycles. The van der Waals surface area contributed by atoms with Gasteiger partial charge in [-0.2, -0.15) is 0 Å². The number of methoxy groups -OCH3 is 1. The predicted molar refractivity (Wildman–Crippen MR) is 57.2 cm³/mol. The molecule has 0 amide bonds. The maximum absolute atomic E-state index is 12.6. The lowest BCUT2D eigenvalue weighted by Gasteiger charge is -2.12. The van der Waals surface area contributed by atoms with Gasteiger partial charge in [-0.25, -0.2) is 4.39 Å². The van der Waals surface area contributed by atoms with Crippen molar-refractivity contribution in [1.29, 1.82) is 0 Å². The molecule has 0 fully saturated rings. The molecule has 1 aromatic heterocycles. The third-order valence-corrected chi connectivity index (χ3v) is 2.20. The second kappa shape index (κ2) is 6.17. The topological polar surface area (TPSA) is 51.2 Å². The number of hydrogen-bond acceptors (Lipinski definition) is 4. The molecule has 0 aliphatic heterocycles. The maximum atomic E-state index is 12.6. The first kappa shape index (κ1) is 12.6. The average Bonchev–Trinajstić information content (AvgIpc) is 2.29. The van der Waals surface area contributed by atoms with Gasteiger partial charge in [-0.3, -0.25) is 9.78 Å². The second-order valence-corrected chi connectivity index (χ2v) is 3.40. The molecule has 1 heterocycles. The molecule has 0 radical (unpaired) electrons. The Labute approximate surface area is 93.8 Å². The Balaban J connectivity index is 2.37. The van der Waals surface area contributed by atoms with Crippen LogP contribution in [-0.2, 0) is 9.53 Å². The molecule has 1 unspecified atom stereocenters. The van der Waals surface area contributed by atoms with E-state index in [-0.39, 0.29) is 17.8 Å². The maximum Gasteiger partial charge on any atom is 0.306 e. The molecule has 0 aromatic carbocycles. The fraction of sp³-hybridized carbons (Fsp3) is 0.455. The van der Waals surface area contributed by atoms with Crippen LogP contribution < -0.4 is 5.32 Å². The van der Waals surface area contributed by atoms with Crippen molar-refractivity contribution in [2.24, 2.45) is 0 Å². The monoisotopic (exact) mass is 226 g/mol. The lowest BCUT2D eigenvalue weighted by Crippen LogP contribution is -2.23. The van der Waals surface area contributed by atoms with Gasteiger partial charge in [0.25, 0.3) is 0 Å². The van der Waals surface area contributed by atoms with Crippen LogP contribution >= 0.6 is 0 Å². The Kier molecular flexibility index (Phi) is 4.85. The van der Waals surface area contributed by atoms with Gasteiger partial charge in [0.15, 0.2) is 0 Å². The minimum atomic E-state index is -0.356. The highest BCUT2D eigenvalue weighted by molar-refractivity contribution is 5.69. The summed E-state index contributed by atoms with van der Waals surface area (Å²) in [5, 5.41) is 3.10. The number of nitrogens with one attached hydrogen (secondary N) is 1. The molecule has 1 rings (SSSR count). The van der Waals surface area contributed by atoms with Crippen molar-refractivity contribution in [3.8, 4) is 0 Å². The minimum absolute atomic E-state index is 0.0229. The zero-order chi connectivity index (χ0) is 12.0. The van der Waals surface area contributed by atoms with Crippen molar-refractivity contribution in [3.05, 3.63) is 29.8 Å². The van der Waals surface area contributed by atoms with Gasteiger partial charge >= 0.3 is 5.97 Å². The molecule has 1 aromatic rings. The van der Waals surface area contributed by atoms with Crippen molar-refractivity contribution in [2.45, 2.75) is 19.4 Å². The van der Waals surface area contributed by atoms with Crippen molar-refractivity contribution in [1.82, 2.24) is 10.3 Å². The number of nitrogens with zero attached hydrogens (tertiary/aromatic N) is 1. The first-order valence-electron chi connectivity index (χ1n) is 5.05. The quantitative estimate of drug-likeness (QED) is 0.772. The van der Waals surface area contributed by atoms with Crippen LogP contribution in [0, 0.1) is 5.82 Å². The van der Waals surface area contributed by atoms with Gasteiger partial charge in [0.05, 0.1) is 25.4 Å². The van der Waals surface area contributed by atoms with Crippen LogP contribution in [0.15, 0.2) is 18.3 Å². The average molecular weight is 226 g/mol. The minimum Gasteiger partial charge on any atom is -0.469 e. The number of carbonyl (C=O) groups excluding carboxylic acids is 1. The van der Waals surface area contributed by atoms with Crippen molar-refractivity contribution in [2.75, 3.05) is 13.7 Å². The first-order chi connectivity index (χ1) is 7.63. The van der Waals surface area contributed by atoms with Crippen molar-refractivity contribution >= 4 is 5.97 Å². The normalized spacial score (nSPS) is 12.2. The van der Waals surface area contributed by atoms with Gasteiger partial charge in [-0.05, 0) is 19.1 Å². The second-order valence-electron chi connectivity index (χ2n) is 3.40. The lowest BCUT2D eigenvalue weighted by atomic mass is 10.2. The highest BCUT2D eigenvalue weighted by Crippen LogP contribution is 2.08. The van der Waals surface area contributed by atoms with Crippen LogP contribution in [0.2, 0.25) is 0 Å². The van der Waals surface area contributed by atoms with Crippen molar-refractivity contribution < 1.29 is 13.9 Å². The Morgan fingerprint density at radius 1 is 1.62 bits per heavy atom. The molecule has 88 valence electrons. The van der Waals surface area contributed by atoms with Crippen molar-refractivity contribution in [3.63, 3.8) is 0 Å². The number of aromatic nitrogens is 1. The van der Waals surface area contributed by atoms with Crippen LogP contribution in [0.25, 0.3) is 0 Å².